The number of carbonyl (C=O) groups excluding carboxylic acids is 4. The highest BCUT2D eigenvalue weighted by atomic mass is 16.6. The van der Waals surface area contributed by atoms with Crippen LogP contribution in [0.25, 0.3) is 0 Å². The summed E-state index contributed by atoms with van der Waals surface area (Å²) in [5.41, 5.74) is 1.20. The maximum Gasteiger partial charge on any atom is 0.410 e. The Kier molecular flexibility index (Phi) is 6.53. The number of amides is 5. The Morgan fingerprint density at radius 3 is 2.19 bits per heavy atom. The Labute approximate surface area is 182 Å². The lowest BCUT2D eigenvalue weighted by atomic mass is 9.93. The number of imide groups is 2. The SMILES string of the molecule is O=C(OCc1ccc(N2C(=O)CC(=O)N(C3CCCCC3)C2=O)cc1)N1CCCCC1. The van der Waals surface area contributed by atoms with Gasteiger partial charge in [0.2, 0.25) is 11.8 Å². The molecule has 4 rings (SSSR count). The molecule has 0 N–H and O–H groups in total. The fourth-order valence-electron chi connectivity index (χ4n) is 4.62. The van der Waals surface area contributed by atoms with Gasteiger partial charge in [-0.05, 0) is 49.8 Å². The Hall–Kier alpha value is -2.90. The molecular formula is C23H29N3O5. The number of piperidine rings is 1. The third-order valence-electron chi connectivity index (χ3n) is 6.33. The standard InChI is InChI=1S/C23H29N3O5/c27-20-15-21(28)26(22(29)25(20)18-7-3-1-4-8-18)19-11-9-17(10-12-19)16-31-23(30)24-13-5-2-6-14-24/h9-12,18H,1-8,13-16H2. The van der Waals surface area contributed by atoms with E-state index in [1.807, 2.05) is 0 Å². The molecule has 2 heterocycles. The first-order valence-corrected chi connectivity index (χ1v) is 11.2. The van der Waals surface area contributed by atoms with Crippen molar-refractivity contribution in [2.24, 2.45) is 0 Å². The highest BCUT2D eigenvalue weighted by molar-refractivity contribution is 6.26. The van der Waals surface area contributed by atoms with Crippen LogP contribution in [0.3, 0.4) is 0 Å². The van der Waals surface area contributed by atoms with Crippen LogP contribution in [0, 0.1) is 0 Å². The summed E-state index contributed by atoms with van der Waals surface area (Å²) in [4.78, 5) is 54.3. The van der Waals surface area contributed by atoms with Gasteiger partial charge in [0, 0.05) is 19.1 Å². The van der Waals surface area contributed by atoms with Gasteiger partial charge in [-0.3, -0.25) is 14.5 Å². The van der Waals surface area contributed by atoms with Crippen molar-refractivity contribution in [2.75, 3.05) is 18.0 Å². The van der Waals surface area contributed by atoms with Gasteiger partial charge in [-0.2, -0.15) is 0 Å². The first kappa shape index (κ1) is 21.3. The maximum atomic E-state index is 13.1. The molecule has 2 aliphatic heterocycles. The molecule has 0 bridgehead atoms. The van der Waals surface area contributed by atoms with Crippen molar-refractivity contribution in [1.29, 1.82) is 0 Å². The summed E-state index contributed by atoms with van der Waals surface area (Å²) < 4.78 is 5.39. The van der Waals surface area contributed by atoms with Crippen LogP contribution in [-0.4, -0.2) is 52.9 Å². The second kappa shape index (κ2) is 9.49. The van der Waals surface area contributed by atoms with E-state index in [1.54, 1.807) is 29.2 Å². The first-order valence-electron chi connectivity index (χ1n) is 11.2. The molecule has 1 aliphatic carbocycles. The molecule has 166 valence electrons. The van der Waals surface area contributed by atoms with Crippen LogP contribution < -0.4 is 4.90 Å². The van der Waals surface area contributed by atoms with E-state index < -0.39 is 17.8 Å². The van der Waals surface area contributed by atoms with Gasteiger partial charge >= 0.3 is 12.1 Å². The zero-order valence-electron chi connectivity index (χ0n) is 17.8. The van der Waals surface area contributed by atoms with E-state index in [0.29, 0.717) is 5.69 Å². The smallest absolute Gasteiger partial charge is 0.410 e. The van der Waals surface area contributed by atoms with Gasteiger partial charge in [0.15, 0.2) is 0 Å². The van der Waals surface area contributed by atoms with Crippen molar-refractivity contribution in [3.63, 3.8) is 0 Å². The normalized spacial score (nSPS) is 20.9. The van der Waals surface area contributed by atoms with E-state index in [-0.39, 0.29) is 25.2 Å². The third-order valence-corrected chi connectivity index (χ3v) is 6.33. The van der Waals surface area contributed by atoms with Gasteiger partial charge in [0.25, 0.3) is 0 Å². The van der Waals surface area contributed by atoms with Gasteiger partial charge in [-0.1, -0.05) is 31.4 Å². The zero-order valence-corrected chi connectivity index (χ0v) is 17.8. The van der Waals surface area contributed by atoms with Gasteiger partial charge in [-0.25, -0.2) is 14.5 Å². The van der Waals surface area contributed by atoms with E-state index in [2.05, 4.69) is 0 Å². The van der Waals surface area contributed by atoms with Crippen LogP contribution in [0.5, 0.6) is 0 Å². The summed E-state index contributed by atoms with van der Waals surface area (Å²) >= 11 is 0. The van der Waals surface area contributed by atoms with Crippen molar-refractivity contribution in [3.8, 4) is 0 Å². The van der Waals surface area contributed by atoms with Crippen molar-refractivity contribution >= 4 is 29.6 Å². The highest BCUT2D eigenvalue weighted by Crippen LogP contribution is 2.29. The van der Waals surface area contributed by atoms with Crippen molar-refractivity contribution in [1.82, 2.24) is 9.80 Å². The Balaban J connectivity index is 1.41. The summed E-state index contributed by atoms with van der Waals surface area (Å²) in [6.45, 7) is 1.59. The average molecular weight is 428 g/mol. The molecule has 0 aromatic heterocycles. The number of urea groups is 1. The molecule has 0 unspecified atom stereocenters. The van der Waals surface area contributed by atoms with E-state index >= 15 is 0 Å². The van der Waals surface area contributed by atoms with Crippen LogP contribution in [-0.2, 0) is 20.9 Å². The molecule has 1 aromatic rings. The molecule has 0 radical (unpaired) electrons. The van der Waals surface area contributed by atoms with E-state index in [4.69, 9.17) is 4.74 Å². The number of likely N-dealkylation sites (tertiary alicyclic amines) is 1. The van der Waals surface area contributed by atoms with E-state index in [1.165, 1.54) is 4.90 Å². The minimum absolute atomic E-state index is 0.127. The van der Waals surface area contributed by atoms with Crippen LogP contribution in [0.4, 0.5) is 15.3 Å². The quantitative estimate of drug-likeness (QED) is 0.682. The molecule has 3 fully saturated rings. The summed E-state index contributed by atoms with van der Waals surface area (Å²) in [5, 5.41) is 0. The fourth-order valence-corrected chi connectivity index (χ4v) is 4.62. The predicted molar refractivity (Wildman–Crippen MR) is 113 cm³/mol. The number of ether oxygens (including phenoxy) is 1. The topological polar surface area (TPSA) is 87.2 Å². The largest absolute Gasteiger partial charge is 0.445 e. The molecule has 0 atom stereocenters. The lowest BCUT2D eigenvalue weighted by molar-refractivity contribution is -0.136. The Morgan fingerprint density at radius 1 is 0.871 bits per heavy atom. The number of carbonyl (C=O) groups is 4. The third kappa shape index (κ3) is 4.73. The molecule has 5 amide bonds. The van der Waals surface area contributed by atoms with Gasteiger partial charge in [-0.15, -0.1) is 0 Å². The lowest BCUT2D eigenvalue weighted by Gasteiger charge is -2.38. The Morgan fingerprint density at radius 2 is 1.52 bits per heavy atom. The number of nitrogens with zero attached hydrogens (tertiary/aromatic N) is 3. The van der Waals surface area contributed by atoms with Crippen molar-refractivity contribution in [2.45, 2.75) is 70.4 Å². The van der Waals surface area contributed by atoms with Gasteiger partial charge < -0.3 is 9.64 Å². The summed E-state index contributed by atoms with van der Waals surface area (Å²) in [6, 6.07) is 6.11. The number of hydrogen-bond acceptors (Lipinski definition) is 5. The molecular weight excluding hydrogens is 398 g/mol. The van der Waals surface area contributed by atoms with Gasteiger partial charge in [0.05, 0.1) is 5.69 Å². The van der Waals surface area contributed by atoms with Crippen molar-refractivity contribution in [3.05, 3.63) is 29.8 Å². The molecule has 8 heteroatoms. The number of rotatable bonds is 4. The highest BCUT2D eigenvalue weighted by Gasteiger charge is 2.42. The predicted octanol–water partition coefficient (Wildman–Crippen LogP) is 3.83. The number of barbiturate groups is 1. The summed E-state index contributed by atoms with van der Waals surface area (Å²) in [5.74, 6) is -0.911. The average Bonchev–Trinajstić information content (AvgIpc) is 2.79. The first-order chi connectivity index (χ1) is 15.0. The molecule has 2 saturated heterocycles. The minimum atomic E-state index is -0.558. The summed E-state index contributed by atoms with van der Waals surface area (Å²) in [7, 11) is 0. The fraction of sp³-hybridized carbons (Fsp3) is 0.565. The van der Waals surface area contributed by atoms with E-state index in [9.17, 15) is 19.2 Å². The second-order valence-corrected chi connectivity index (χ2v) is 8.51. The minimum Gasteiger partial charge on any atom is -0.445 e. The van der Waals surface area contributed by atoms with E-state index in [0.717, 1.165) is 74.9 Å². The van der Waals surface area contributed by atoms with Crippen molar-refractivity contribution < 1.29 is 23.9 Å². The number of hydrogen-bond donors (Lipinski definition) is 0. The van der Waals surface area contributed by atoms with Crippen LogP contribution in [0.2, 0.25) is 0 Å². The maximum absolute atomic E-state index is 13.1. The molecule has 1 aromatic carbocycles. The second-order valence-electron chi connectivity index (χ2n) is 8.51. The monoisotopic (exact) mass is 427 g/mol. The zero-order chi connectivity index (χ0) is 21.8. The molecule has 1 saturated carbocycles. The summed E-state index contributed by atoms with van der Waals surface area (Å²) in [6.07, 6.45) is 7.21. The number of anilines is 1. The lowest BCUT2D eigenvalue weighted by Crippen LogP contribution is -2.58. The molecule has 8 nitrogen and oxygen atoms in total. The van der Waals surface area contributed by atoms with Crippen LogP contribution in [0.15, 0.2) is 24.3 Å². The van der Waals surface area contributed by atoms with Crippen LogP contribution in [0.1, 0.15) is 63.4 Å². The number of benzene rings is 1. The Bertz CT molecular complexity index is 841. The van der Waals surface area contributed by atoms with Gasteiger partial charge in [0.1, 0.15) is 13.0 Å². The molecule has 31 heavy (non-hydrogen) atoms. The van der Waals surface area contributed by atoms with Crippen LogP contribution >= 0.6 is 0 Å². The molecule has 0 spiro atoms. The molecule has 3 aliphatic rings.